The van der Waals surface area contributed by atoms with Gasteiger partial charge in [0.05, 0.1) is 27.0 Å². The lowest BCUT2D eigenvalue weighted by molar-refractivity contribution is -0.117. The molecular weight excluding hydrogens is 450 g/mol. The lowest BCUT2D eigenvalue weighted by Crippen LogP contribution is -2.20. The summed E-state index contributed by atoms with van der Waals surface area (Å²) in [6.45, 7) is 0.279. The smallest absolute Gasteiger partial charge is 0.248 e. The van der Waals surface area contributed by atoms with Crippen molar-refractivity contribution in [3.05, 3.63) is 72.3 Å². The molecule has 0 radical (unpaired) electrons. The first-order valence-electron chi connectivity index (χ1n) is 10.7. The SMILES string of the molecule is COc1ccc(OC)c(NC(=O)Cn2nnc(-c3ccc(OCc4ccccc4)c(OC)c3)n2)c1. The summed E-state index contributed by atoms with van der Waals surface area (Å²) >= 11 is 0. The number of benzene rings is 3. The van der Waals surface area contributed by atoms with Crippen molar-refractivity contribution in [3.8, 4) is 34.4 Å². The van der Waals surface area contributed by atoms with Crippen molar-refractivity contribution < 1.29 is 23.7 Å². The summed E-state index contributed by atoms with van der Waals surface area (Å²) in [5.74, 6) is 2.24. The summed E-state index contributed by atoms with van der Waals surface area (Å²) in [4.78, 5) is 13.8. The Kier molecular flexibility index (Phi) is 7.41. The molecule has 4 aromatic rings. The van der Waals surface area contributed by atoms with Gasteiger partial charge in [0.2, 0.25) is 11.7 Å². The lowest BCUT2D eigenvalue weighted by atomic mass is 10.2. The number of aromatic nitrogens is 4. The Hall–Kier alpha value is -4.60. The van der Waals surface area contributed by atoms with E-state index in [2.05, 4.69) is 20.7 Å². The Morgan fingerprint density at radius 3 is 2.40 bits per heavy atom. The first-order chi connectivity index (χ1) is 17.1. The molecule has 0 saturated heterocycles. The van der Waals surface area contributed by atoms with Gasteiger partial charge in [0.1, 0.15) is 24.7 Å². The van der Waals surface area contributed by atoms with E-state index in [0.29, 0.717) is 46.7 Å². The molecular formula is C25H25N5O5. The third-order valence-corrected chi connectivity index (χ3v) is 5.08. The summed E-state index contributed by atoms with van der Waals surface area (Å²) < 4.78 is 21.9. The number of carbonyl (C=O) groups is 1. The molecule has 0 unspecified atom stereocenters. The molecule has 0 atom stereocenters. The number of nitrogens with zero attached hydrogens (tertiary/aromatic N) is 4. The summed E-state index contributed by atoms with van der Waals surface area (Å²) in [6, 6.07) is 20.3. The third kappa shape index (κ3) is 5.85. The predicted molar refractivity (Wildman–Crippen MR) is 129 cm³/mol. The molecule has 3 aromatic carbocycles. The summed E-state index contributed by atoms with van der Waals surface area (Å²) in [6.07, 6.45) is 0. The number of rotatable bonds is 10. The van der Waals surface area contributed by atoms with Gasteiger partial charge >= 0.3 is 0 Å². The molecule has 0 aliphatic rings. The van der Waals surface area contributed by atoms with Gasteiger partial charge in [-0.05, 0) is 41.1 Å². The zero-order valence-electron chi connectivity index (χ0n) is 19.6. The van der Waals surface area contributed by atoms with Gasteiger partial charge in [-0.25, -0.2) is 0 Å². The van der Waals surface area contributed by atoms with Crippen LogP contribution >= 0.6 is 0 Å². The number of hydrogen-bond acceptors (Lipinski definition) is 8. The lowest BCUT2D eigenvalue weighted by Gasteiger charge is -2.11. The zero-order valence-corrected chi connectivity index (χ0v) is 19.6. The van der Waals surface area contributed by atoms with Crippen molar-refractivity contribution >= 4 is 11.6 Å². The number of anilines is 1. The number of tetrazole rings is 1. The fraction of sp³-hybridized carbons (Fsp3) is 0.200. The maximum absolute atomic E-state index is 12.6. The van der Waals surface area contributed by atoms with Crippen LogP contribution < -0.4 is 24.3 Å². The summed E-state index contributed by atoms with van der Waals surface area (Å²) in [5, 5.41) is 15.2. The van der Waals surface area contributed by atoms with Crippen molar-refractivity contribution in [2.75, 3.05) is 26.6 Å². The zero-order chi connectivity index (χ0) is 24.6. The van der Waals surface area contributed by atoms with Gasteiger partial charge in [-0.2, -0.15) is 4.80 Å². The molecule has 0 saturated carbocycles. The minimum atomic E-state index is -0.345. The van der Waals surface area contributed by atoms with Crippen molar-refractivity contribution in [1.82, 2.24) is 20.2 Å². The Labute approximate surface area is 202 Å². The predicted octanol–water partition coefficient (Wildman–Crippen LogP) is 3.58. The molecule has 0 bridgehead atoms. The third-order valence-electron chi connectivity index (χ3n) is 5.08. The van der Waals surface area contributed by atoms with Crippen molar-refractivity contribution in [3.63, 3.8) is 0 Å². The van der Waals surface area contributed by atoms with Gasteiger partial charge in [0.15, 0.2) is 11.5 Å². The Balaban J connectivity index is 1.43. The van der Waals surface area contributed by atoms with Crippen LogP contribution in [0.2, 0.25) is 0 Å². The van der Waals surface area contributed by atoms with Crippen LogP contribution in [0.25, 0.3) is 11.4 Å². The number of hydrogen-bond donors (Lipinski definition) is 1. The maximum atomic E-state index is 12.6. The van der Waals surface area contributed by atoms with Gasteiger partial charge in [-0.3, -0.25) is 4.79 Å². The molecule has 180 valence electrons. The molecule has 35 heavy (non-hydrogen) atoms. The number of nitrogens with one attached hydrogen (secondary N) is 1. The first kappa shape index (κ1) is 23.6. The van der Waals surface area contributed by atoms with E-state index in [1.165, 1.54) is 11.9 Å². The average molecular weight is 476 g/mol. The normalized spacial score (nSPS) is 10.5. The molecule has 0 spiro atoms. The van der Waals surface area contributed by atoms with Crippen LogP contribution in [0.3, 0.4) is 0 Å². The van der Waals surface area contributed by atoms with Crippen LogP contribution in [0.1, 0.15) is 5.56 Å². The van der Waals surface area contributed by atoms with Gasteiger partial charge < -0.3 is 24.3 Å². The van der Waals surface area contributed by atoms with E-state index in [4.69, 9.17) is 18.9 Å². The largest absolute Gasteiger partial charge is 0.497 e. The Morgan fingerprint density at radius 1 is 0.886 bits per heavy atom. The summed E-state index contributed by atoms with van der Waals surface area (Å²) in [5.41, 5.74) is 2.20. The molecule has 0 fully saturated rings. The number of carbonyl (C=O) groups excluding carboxylic acids is 1. The minimum Gasteiger partial charge on any atom is -0.497 e. The Bertz CT molecular complexity index is 1290. The fourth-order valence-electron chi connectivity index (χ4n) is 3.32. The van der Waals surface area contributed by atoms with Gasteiger partial charge in [-0.15, -0.1) is 10.2 Å². The molecule has 0 aliphatic carbocycles. The monoisotopic (exact) mass is 475 g/mol. The molecule has 1 amide bonds. The number of methoxy groups -OCH3 is 3. The van der Waals surface area contributed by atoms with E-state index >= 15 is 0 Å². The topological polar surface area (TPSA) is 110 Å². The van der Waals surface area contributed by atoms with Crippen LogP contribution in [-0.2, 0) is 17.9 Å². The fourth-order valence-corrected chi connectivity index (χ4v) is 3.32. The van der Waals surface area contributed by atoms with E-state index in [9.17, 15) is 4.79 Å². The quantitative estimate of drug-likeness (QED) is 0.371. The van der Waals surface area contributed by atoms with Gasteiger partial charge in [0, 0.05) is 11.6 Å². The molecule has 1 aromatic heterocycles. The molecule has 10 nitrogen and oxygen atoms in total. The highest BCUT2D eigenvalue weighted by Gasteiger charge is 2.14. The Morgan fingerprint density at radius 2 is 1.66 bits per heavy atom. The van der Waals surface area contributed by atoms with Gasteiger partial charge in [0.25, 0.3) is 0 Å². The minimum absolute atomic E-state index is 0.136. The average Bonchev–Trinajstić information content (AvgIpc) is 3.36. The molecule has 1 heterocycles. The van der Waals surface area contributed by atoms with E-state index < -0.39 is 0 Å². The highest BCUT2D eigenvalue weighted by molar-refractivity contribution is 5.92. The van der Waals surface area contributed by atoms with E-state index in [0.717, 1.165) is 5.56 Å². The molecule has 10 heteroatoms. The van der Waals surface area contributed by atoms with Crippen LogP contribution in [0.5, 0.6) is 23.0 Å². The highest BCUT2D eigenvalue weighted by atomic mass is 16.5. The van der Waals surface area contributed by atoms with Crippen LogP contribution in [0, 0.1) is 0 Å². The van der Waals surface area contributed by atoms with Crippen LogP contribution in [-0.4, -0.2) is 47.4 Å². The second-order valence-corrected chi connectivity index (χ2v) is 7.40. The molecule has 0 aliphatic heterocycles. The van der Waals surface area contributed by atoms with Crippen LogP contribution in [0.15, 0.2) is 66.7 Å². The molecule has 4 rings (SSSR count). The second kappa shape index (κ2) is 11.0. The van der Waals surface area contributed by atoms with Crippen molar-refractivity contribution in [1.29, 1.82) is 0 Å². The van der Waals surface area contributed by atoms with E-state index in [-0.39, 0.29) is 12.5 Å². The molecule has 1 N–H and O–H groups in total. The van der Waals surface area contributed by atoms with Crippen molar-refractivity contribution in [2.45, 2.75) is 13.2 Å². The van der Waals surface area contributed by atoms with E-state index in [1.54, 1.807) is 44.6 Å². The first-order valence-corrected chi connectivity index (χ1v) is 10.7. The standard InChI is InChI=1S/C25H25N5O5/c1-32-19-10-12-21(33-2)20(14-19)26-24(31)15-30-28-25(27-29-30)18-9-11-22(23(13-18)34-3)35-16-17-7-5-4-6-8-17/h4-14H,15-16H2,1-3H3,(H,26,31). The van der Waals surface area contributed by atoms with E-state index in [1.807, 2.05) is 36.4 Å². The van der Waals surface area contributed by atoms with Crippen molar-refractivity contribution in [2.24, 2.45) is 0 Å². The van der Waals surface area contributed by atoms with Gasteiger partial charge in [-0.1, -0.05) is 30.3 Å². The second-order valence-electron chi connectivity index (χ2n) is 7.40. The van der Waals surface area contributed by atoms with Crippen LogP contribution in [0.4, 0.5) is 5.69 Å². The number of amides is 1. The summed E-state index contributed by atoms with van der Waals surface area (Å²) in [7, 11) is 4.64. The highest BCUT2D eigenvalue weighted by Crippen LogP contribution is 2.32. The number of ether oxygens (including phenoxy) is 4. The maximum Gasteiger partial charge on any atom is 0.248 e.